The number of hydrogen-bond acceptors (Lipinski definition) is 3. The normalized spacial score (nSPS) is 11.1. The molecule has 3 aromatic carbocycles. The molecule has 158 valence electrons. The molecule has 5 aromatic rings. The van der Waals surface area contributed by atoms with Crippen LogP contribution in [0.2, 0.25) is 5.15 Å². The first-order chi connectivity index (χ1) is 15.6. The van der Waals surface area contributed by atoms with Crippen LogP contribution in [0.25, 0.3) is 28.0 Å². The predicted molar refractivity (Wildman–Crippen MR) is 128 cm³/mol. The van der Waals surface area contributed by atoms with Crippen LogP contribution in [0.4, 0.5) is 0 Å². The summed E-state index contributed by atoms with van der Waals surface area (Å²) in [6, 6.07) is 27.5. The number of fused-ring (bicyclic) bond motifs is 1. The minimum absolute atomic E-state index is 0.214. The van der Waals surface area contributed by atoms with E-state index in [1.165, 1.54) is 0 Å². The van der Waals surface area contributed by atoms with Crippen molar-refractivity contribution >= 4 is 22.5 Å². The highest BCUT2D eigenvalue weighted by molar-refractivity contribution is 6.29. The monoisotopic (exact) mass is 441 g/mol. The Hall–Kier alpha value is -3.83. The molecule has 0 atom stereocenters. The standard InChI is InChI=1S/C26H20ClN3O2/c1-32-21-13-11-19(12-14-21)23-15-20-9-5-6-10-22(20)30(23)25-26(31)29(17-24(27)28-25)16-18-7-3-2-4-8-18/h2-15,17H,16H2,1H3. The zero-order chi connectivity index (χ0) is 22.1. The van der Waals surface area contributed by atoms with Gasteiger partial charge < -0.3 is 9.30 Å². The number of nitrogens with zero attached hydrogens (tertiary/aromatic N) is 3. The molecule has 0 aliphatic rings. The second-order valence-electron chi connectivity index (χ2n) is 7.46. The molecule has 0 N–H and O–H groups in total. The van der Waals surface area contributed by atoms with Crippen molar-refractivity contribution in [3.63, 3.8) is 0 Å². The van der Waals surface area contributed by atoms with Gasteiger partial charge in [0, 0.05) is 11.6 Å². The molecule has 0 spiro atoms. The highest BCUT2D eigenvalue weighted by Crippen LogP contribution is 2.31. The molecule has 0 amide bonds. The molecule has 0 unspecified atom stereocenters. The van der Waals surface area contributed by atoms with E-state index in [0.717, 1.165) is 33.5 Å². The zero-order valence-corrected chi connectivity index (χ0v) is 18.2. The van der Waals surface area contributed by atoms with Gasteiger partial charge >= 0.3 is 0 Å². The van der Waals surface area contributed by atoms with E-state index in [9.17, 15) is 4.79 Å². The minimum Gasteiger partial charge on any atom is -0.497 e. The first-order valence-electron chi connectivity index (χ1n) is 10.2. The van der Waals surface area contributed by atoms with E-state index in [2.05, 4.69) is 11.1 Å². The maximum absolute atomic E-state index is 13.6. The molecule has 6 heteroatoms. The Kier molecular flexibility index (Phi) is 5.25. The lowest BCUT2D eigenvalue weighted by atomic mass is 10.1. The molecule has 0 radical (unpaired) electrons. The molecule has 0 saturated carbocycles. The summed E-state index contributed by atoms with van der Waals surface area (Å²) < 4.78 is 8.78. The number of methoxy groups -OCH3 is 1. The van der Waals surface area contributed by atoms with Crippen LogP contribution in [-0.4, -0.2) is 21.2 Å². The molecule has 0 fully saturated rings. The van der Waals surface area contributed by atoms with Crippen LogP contribution >= 0.6 is 11.6 Å². The minimum atomic E-state index is -0.214. The summed E-state index contributed by atoms with van der Waals surface area (Å²) in [4.78, 5) is 18.0. The highest BCUT2D eigenvalue weighted by Gasteiger charge is 2.18. The van der Waals surface area contributed by atoms with Crippen LogP contribution in [0.15, 0.2) is 95.9 Å². The Morgan fingerprint density at radius 2 is 1.66 bits per heavy atom. The van der Waals surface area contributed by atoms with E-state index in [-0.39, 0.29) is 16.5 Å². The number of rotatable bonds is 5. The van der Waals surface area contributed by atoms with Gasteiger partial charge in [-0.2, -0.15) is 0 Å². The van der Waals surface area contributed by atoms with Gasteiger partial charge in [-0.3, -0.25) is 9.36 Å². The average molecular weight is 442 g/mol. The van der Waals surface area contributed by atoms with Crippen LogP contribution in [0.3, 0.4) is 0 Å². The number of benzene rings is 3. The Morgan fingerprint density at radius 3 is 2.41 bits per heavy atom. The van der Waals surface area contributed by atoms with Crippen LogP contribution in [0.1, 0.15) is 5.56 Å². The molecule has 0 aliphatic heterocycles. The summed E-state index contributed by atoms with van der Waals surface area (Å²) in [7, 11) is 1.64. The molecule has 0 aliphatic carbocycles. The van der Waals surface area contributed by atoms with Crippen molar-refractivity contribution in [2.45, 2.75) is 6.54 Å². The van der Waals surface area contributed by atoms with Crippen molar-refractivity contribution < 1.29 is 4.74 Å². The fraction of sp³-hybridized carbons (Fsp3) is 0.0769. The smallest absolute Gasteiger partial charge is 0.294 e. The van der Waals surface area contributed by atoms with Gasteiger partial charge in [0.25, 0.3) is 5.56 Å². The third-order valence-electron chi connectivity index (χ3n) is 5.43. The summed E-state index contributed by atoms with van der Waals surface area (Å²) in [6.45, 7) is 0.409. The quantitative estimate of drug-likeness (QED) is 0.358. The molecule has 2 heterocycles. The topological polar surface area (TPSA) is 49.0 Å². The molecule has 2 aromatic heterocycles. The van der Waals surface area contributed by atoms with Crippen LogP contribution < -0.4 is 10.3 Å². The number of aromatic nitrogens is 3. The number of hydrogen-bond donors (Lipinski definition) is 0. The van der Waals surface area contributed by atoms with Crippen molar-refractivity contribution in [1.82, 2.24) is 14.1 Å². The number of halogens is 1. The third-order valence-corrected chi connectivity index (χ3v) is 5.61. The molecular weight excluding hydrogens is 422 g/mol. The van der Waals surface area contributed by atoms with E-state index < -0.39 is 0 Å². The van der Waals surface area contributed by atoms with E-state index in [0.29, 0.717) is 6.54 Å². The highest BCUT2D eigenvalue weighted by atomic mass is 35.5. The van der Waals surface area contributed by atoms with Crippen molar-refractivity contribution in [3.05, 3.63) is 112 Å². The Bertz CT molecular complexity index is 1450. The Balaban J connectivity index is 1.73. The second kappa shape index (κ2) is 8.36. The van der Waals surface area contributed by atoms with Gasteiger partial charge in [-0.1, -0.05) is 60.1 Å². The molecular formula is C26H20ClN3O2. The predicted octanol–water partition coefficient (Wildman–Crippen LogP) is 5.56. The lowest BCUT2D eigenvalue weighted by Crippen LogP contribution is -2.26. The van der Waals surface area contributed by atoms with Gasteiger partial charge in [0.1, 0.15) is 10.9 Å². The zero-order valence-electron chi connectivity index (χ0n) is 17.4. The van der Waals surface area contributed by atoms with Gasteiger partial charge in [0.15, 0.2) is 0 Å². The Labute approximate surface area is 190 Å². The van der Waals surface area contributed by atoms with Gasteiger partial charge in [-0.15, -0.1) is 0 Å². The molecule has 0 saturated heterocycles. The SMILES string of the molecule is COc1ccc(-c2cc3ccccc3n2-c2nc(Cl)cn(Cc3ccccc3)c2=O)cc1. The lowest BCUT2D eigenvalue weighted by molar-refractivity contribution is 0.415. The Morgan fingerprint density at radius 1 is 0.938 bits per heavy atom. The van der Waals surface area contributed by atoms with Crippen molar-refractivity contribution in [2.24, 2.45) is 0 Å². The van der Waals surface area contributed by atoms with Crippen molar-refractivity contribution in [3.8, 4) is 22.8 Å². The summed E-state index contributed by atoms with van der Waals surface area (Å²) in [5.74, 6) is 1.03. The fourth-order valence-corrected chi connectivity index (χ4v) is 4.09. The second-order valence-corrected chi connectivity index (χ2v) is 7.85. The summed E-state index contributed by atoms with van der Waals surface area (Å²) in [6.07, 6.45) is 1.58. The first kappa shape index (κ1) is 20.1. The fourth-order valence-electron chi connectivity index (χ4n) is 3.89. The lowest BCUT2D eigenvalue weighted by Gasteiger charge is -2.13. The molecule has 32 heavy (non-hydrogen) atoms. The average Bonchev–Trinajstić information content (AvgIpc) is 3.21. The van der Waals surface area contributed by atoms with E-state index >= 15 is 0 Å². The van der Waals surface area contributed by atoms with Crippen molar-refractivity contribution in [1.29, 1.82) is 0 Å². The van der Waals surface area contributed by atoms with Crippen molar-refractivity contribution in [2.75, 3.05) is 7.11 Å². The van der Waals surface area contributed by atoms with Gasteiger partial charge in [0.05, 0.1) is 24.9 Å². The summed E-state index contributed by atoms with van der Waals surface area (Å²) in [5, 5.41) is 1.27. The summed E-state index contributed by atoms with van der Waals surface area (Å²) >= 11 is 6.39. The van der Waals surface area contributed by atoms with E-state index in [1.807, 2.05) is 83.4 Å². The summed E-state index contributed by atoms with van der Waals surface area (Å²) in [5.41, 5.74) is 3.48. The number of para-hydroxylation sites is 1. The molecule has 5 rings (SSSR count). The number of ether oxygens (including phenoxy) is 1. The van der Waals surface area contributed by atoms with Crippen LogP contribution in [-0.2, 0) is 6.54 Å². The van der Waals surface area contributed by atoms with E-state index in [4.69, 9.17) is 16.3 Å². The molecule has 0 bridgehead atoms. The maximum atomic E-state index is 13.6. The largest absolute Gasteiger partial charge is 0.497 e. The van der Waals surface area contributed by atoms with Gasteiger partial charge in [0.2, 0.25) is 5.82 Å². The van der Waals surface area contributed by atoms with Gasteiger partial charge in [-0.05, 0) is 47.5 Å². The maximum Gasteiger partial charge on any atom is 0.294 e. The van der Waals surface area contributed by atoms with E-state index in [1.54, 1.807) is 17.9 Å². The van der Waals surface area contributed by atoms with Crippen LogP contribution in [0, 0.1) is 0 Å². The first-order valence-corrected chi connectivity index (χ1v) is 10.6. The van der Waals surface area contributed by atoms with Gasteiger partial charge in [-0.25, -0.2) is 4.98 Å². The molecule has 5 nitrogen and oxygen atoms in total. The van der Waals surface area contributed by atoms with Crippen LogP contribution in [0.5, 0.6) is 5.75 Å². The third kappa shape index (κ3) is 3.67.